The SMILES string of the molecule is CCOC(=O)C[C@H]1[C@@H]2CC[C@H]([C@H](C)CCCC(C)C)[C@@]2(C)CC[C@@H]1[C@]1(C)CCCCC1=O. The summed E-state index contributed by atoms with van der Waals surface area (Å²) in [5, 5.41) is 0. The lowest BCUT2D eigenvalue weighted by molar-refractivity contribution is -0.153. The number of carbonyl (C=O) groups is 2. The molecule has 0 N–H and O–H groups in total. The van der Waals surface area contributed by atoms with Gasteiger partial charge in [0.15, 0.2) is 0 Å². The molecule has 0 amide bonds. The number of carbonyl (C=O) groups excluding carboxylic acids is 2. The average Bonchev–Trinajstić information content (AvgIpc) is 3.08. The summed E-state index contributed by atoms with van der Waals surface area (Å²) < 4.78 is 5.45. The van der Waals surface area contributed by atoms with Gasteiger partial charge in [0.2, 0.25) is 0 Å². The molecule has 0 heterocycles. The van der Waals surface area contributed by atoms with E-state index >= 15 is 0 Å². The van der Waals surface area contributed by atoms with Crippen molar-refractivity contribution in [3.8, 4) is 0 Å². The fourth-order valence-corrected chi connectivity index (χ4v) is 8.40. The first-order valence-electron chi connectivity index (χ1n) is 13.8. The van der Waals surface area contributed by atoms with E-state index < -0.39 is 0 Å². The number of ketones is 1. The number of rotatable bonds is 9. The van der Waals surface area contributed by atoms with Gasteiger partial charge in [-0.25, -0.2) is 0 Å². The Morgan fingerprint density at radius 2 is 1.78 bits per heavy atom. The van der Waals surface area contributed by atoms with E-state index in [1.54, 1.807) is 0 Å². The summed E-state index contributed by atoms with van der Waals surface area (Å²) in [5.74, 6) is 3.88. The molecule has 3 fully saturated rings. The third-order valence-electron chi connectivity index (χ3n) is 10.2. The predicted molar refractivity (Wildman–Crippen MR) is 131 cm³/mol. The molecule has 0 bridgehead atoms. The average molecular weight is 447 g/mol. The molecule has 3 heteroatoms. The zero-order valence-electron chi connectivity index (χ0n) is 21.9. The molecule has 0 saturated heterocycles. The van der Waals surface area contributed by atoms with Crippen molar-refractivity contribution in [3.63, 3.8) is 0 Å². The second kappa shape index (κ2) is 10.6. The highest BCUT2D eigenvalue weighted by molar-refractivity contribution is 5.85. The fraction of sp³-hybridized carbons (Fsp3) is 0.931. The van der Waals surface area contributed by atoms with Crippen molar-refractivity contribution in [1.82, 2.24) is 0 Å². The van der Waals surface area contributed by atoms with E-state index in [9.17, 15) is 9.59 Å². The van der Waals surface area contributed by atoms with E-state index in [0.29, 0.717) is 42.0 Å². The summed E-state index contributed by atoms with van der Waals surface area (Å²) in [6.07, 6.45) is 13.3. The third-order valence-corrected chi connectivity index (χ3v) is 10.2. The summed E-state index contributed by atoms with van der Waals surface area (Å²) in [6.45, 7) is 14.3. The quantitative estimate of drug-likeness (QED) is 0.342. The minimum absolute atomic E-state index is 0.0490. The number of ether oxygens (including phenoxy) is 1. The van der Waals surface area contributed by atoms with Crippen molar-refractivity contribution >= 4 is 11.8 Å². The van der Waals surface area contributed by atoms with Gasteiger partial charge in [0.1, 0.15) is 5.78 Å². The number of esters is 1. The second-order valence-electron chi connectivity index (χ2n) is 12.5. The molecule has 0 aromatic carbocycles. The molecule has 0 aromatic rings. The first kappa shape index (κ1) is 25.8. The normalized spacial score (nSPS) is 38.5. The summed E-state index contributed by atoms with van der Waals surface area (Å²) in [5.41, 5.74) is 0.0662. The lowest BCUT2D eigenvalue weighted by Crippen LogP contribution is -2.51. The Kier molecular flexibility index (Phi) is 8.53. The molecule has 0 unspecified atom stereocenters. The van der Waals surface area contributed by atoms with Gasteiger partial charge in [0.05, 0.1) is 6.61 Å². The van der Waals surface area contributed by atoms with Crippen LogP contribution in [0.3, 0.4) is 0 Å². The molecular formula is C29H50O3. The summed E-state index contributed by atoms with van der Waals surface area (Å²) >= 11 is 0. The van der Waals surface area contributed by atoms with Crippen molar-refractivity contribution < 1.29 is 14.3 Å². The Bertz CT molecular complexity index is 655. The lowest BCUT2D eigenvalue weighted by atomic mass is 9.49. The molecule has 3 nitrogen and oxygen atoms in total. The van der Waals surface area contributed by atoms with Crippen LogP contribution in [0.25, 0.3) is 0 Å². The highest BCUT2D eigenvalue weighted by atomic mass is 16.5. The molecule has 0 aliphatic heterocycles. The van der Waals surface area contributed by atoms with Crippen LogP contribution in [0.4, 0.5) is 0 Å². The molecule has 184 valence electrons. The summed E-state index contributed by atoms with van der Waals surface area (Å²) in [7, 11) is 0. The van der Waals surface area contributed by atoms with E-state index in [1.807, 2.05) is 6.92 Å². The van der Waals surface area contributed by atoms with Crippen molar-refractivity contribution in [3.05, 3.63) is 0 Å². The number of fused-ring (bicyclic) bond motifs is 1. The molecule has 3 aliphatic rings. The van der Waals surface area contributed by atoms with Gasteiger partial charge >= 0.3 is 5.97 Å². The number of Topliss-reactive ketones (excluding diaryl/α,β-unsaturated/α-hetero) is 1. The number of hydrogen-bond donors (Lipinski definition) is 0. The largest absolute Gasteiger partial charge is 0.466 e. The maximum Gasteiger partial charge on any atom is 0.306 e. The highest BCUT2D eigenvalue weighted by Crippen LogP contribution is 2.64. The Morgan fingerprint density at radius 3 is 2.44 bits per heavy atom. The van der Waals surface area contributed by atoms with E-state index in [-0.39, 0.29) is 11.4 Å². The van der Waals surface area contributed by atoms with Crippen LogP contribution in [0.5, 0.6) is 0 Å². The minimum Gasteiger partial charge on any atom is -0.466 e. The maximum absolute atomic E-state index is 13.2. The van der Waals surface area contributed by atoms with E-state index in [4.69, 9.17) is 4.74 Å². The Hall–Kier alpha value is -0.860. The van der Waals surface area contributed by atoms with E-state index in [1.165, 1.54) is 38.5 Å². The Labute approximate surface area is 197 Å². The van der Waals surface area contributed by atoms with E-state index in [2.05, 4.69) is 34.6 Å². The molecule has 32 heavy (non-hydrogen) atoms. The van der Waals surface area contributed by atoms with Crippen LogP contribution in [0.2, 0.25) is 0 Å². The molecule has 3 aliphatic carbocycles. The molecule has 3 saturated carbocycles. The van der Waals surface area contributed by atoms with Crippen LogP contribution >= 0.6 is 0 Å². The van der Waals surface area contributed by atoms with Crippen molar-refractivity contribution in [2.45, 2.75) is 119 Å². The molecular weight excluding hydrogens is 396 g/mol. The smallest absolute Gasteiger partial charge is 0.306 e. The van der Waals surface area contributed by atoms with Crippen molar-refractivity contribution in [2.24, 2.45) is 46.3 Å². The lowest BCUT2D eigenvalue weighted by Gasteiger charge is -2.54. The molecule has 0 radical (unpaired) electrons. The van der Waals surface area contributed by atoms with Gasteiger partial charge in [-0.15, -0.1) is 0 Å². The summed E-state index contributed by atoms with van der Waals surface area (Å²) in [6, 6.07) is 0. The van der Waals surface area contributed by atoms with Gasteiger partial charge in [0.25, 0.3) is 0 Å². The Morgan fingerprint density at radius 1 is 1.03 bits per heavy atom. The first-order chi connectivity index (χ1) is 15.1. The van der Waals surface area contributed by atoms with Crippen LogP contribution in [0.1, 0.15) is 119 Å². The minimum atomic E-state index is -0.238. The molecule has 0 spiro atoms. The van der Waals surface area contributed by atoms with Gasteiger partial charge < -0.3 is 4.74 Å². The predicted octanol–water partition coefficient (Wildman–Crippen LogP) is 7.61. The monoisotopic (exact) mass is 446 g/mol. The van der Waals surface area contributed by atoms with Crippen LogP contribution in [0, 0.1) is 46.3 Å². The van der Waals surface area contributed by atoms with Gasteiger partial charge in [0, 0.05) is 18.3 Å². The number of hydrogen-bond acceptors (Lipinski definition) is 3. The summed E-state index contributed by atoms with van der Waals surface area (Å²) in [4.78, 5) is 25.9. The second-order valence-corrected chi connectivity index (χ2v) is 12.5. The van der Waals surface area contributed by atoms with Crippen LogP contribution in [-0.4, -0.2) is 18.4 Å². The standard InChI is InChI=1S/C29H50O3/c1-7-32-27(31)19-22-24-15-14-23(21(4)12-10-11-20(2)3)28(24,5)18-16-25(22)29(6)17-9-8-13-26(29)30/h20-25H,7-19H2,1-6H3/t21-,22+,23-,24+,25+,28-,29+/m1/s1. The van der Waals surface area contributed by atoms with Crippen molar-refractivity contribution in [1.29, 1.82) is 0 Å². The zero-order valence-corrected chi connectivity index (χ0v) is 21.9. The van der Waals surface area contributed by atoms with Crippen molar-refractivity contribution in [2.75, 3.05) is 6.61 Å². The first-order valence-corrected chi connectivity index (χ1v) is 13.8. The van der Waals surface area contributed by atoms with E-state index in [0.717, 1.165) is 49.9 Å². The topological polar surface area (TPSA) is 43.4 Å². The molecule has 3 rings (SSSR count). The molecule has 0 aromatic heterocycles. The van der Waals surface area contributed by atoms with Gasteiger partial charge in [-0.05, 0) is 86.4 Å². The van der Waals surface area contributed by atoms with Crippen LogP contribution in [-0.2, 0) is 14.3 Å². The third kappa shape index (κ3) is 5.12. The van der Waals surface area contributed by atoms with Gasteiger partial charge in [-0.1, -0.05) is 60.3 Å². The highest BCUT2D eigenvalue weighted by Gasteiger charge is 2.59. The van der Waals surface area contributed by atoms with Crippen LogP contribution < -0.4 is 0 Å². The van der Waals surface area contributed by atoms with Crippen LogP contribution in [0.15, 0.2) is 0 Å². The van der Waals surface area contributed by atoms with Gasteiger partial charge in [-0.2, -0.15) is 0 Å². The zero-order chi connectivity index (χ0) is 23.5. The Balaban J connectivity index is 1.82. The molecule has 7 atom stereocenters. The van der Waals surface area contributed by atoms with Gasteiger partial charge in [-0.3, -0.25) is 9.59 Å². The maximum atomic E-state index is 13.2. The fourth-order valence-electron chi connectivity index (χ4n) is 8.40.